The van der Waals surface area contributed by atoms with Gasteiger partial charge >= 0.3 is 0 Å². The summed E-state index contributed by atoms with van der Waals surface area (Å²) in [5.74, 6) is -0.434. The zero-order valence-corrected chi connectivity index (χ0v) is 13.9. The summed E-state index contributed by atoms with van der Waals surface area (Å²) < 4.78 is 41.2. The summed E-state index contributed by atoms with van der Waals surface area (Å²) >= 11 is 1.70. The van der Waals surface area contributed by atoms with Crippen LogP contribution in [0.4, 0.5) is 4.39 Å². The summed E-state index contributed by atoms with van der Waals surface area (Å²) in [7, 11) is -3.64. The van der Waals surface area contributed by atoms with E-state index in [2.05, 4.69) is 4.72 Å². The molecule has 0 heterocycles. The predicted octanol–water partition coefficient (Wildman–Crippen LogP) is 2.16. The van der Waals surface area contributed by atoms with E-state index in [1.54, 1.807) is 18.7 Å². The van der Waals surface area contributed by atoms with E-state index >= 15 is 0 Å². The maximum absolute atomic E-state index is 13.8. The van der Waals surface area contributed by atoms with Crippen LogP contribution in [-0.2, 0) is 16.6 Å². The van der Waals surface area contributed by atoms with Crippen LogP contribution in [0.5, 0.6) is 0 Å². The van der Waals surface area contributed by atoms with Crippen molar-refractivity contribution in [1.82, 2.24) is 4.72 Å². The number of hydrogen-bond donors (Lipinski definition) is 2. The van der Waals surface area contributed by atoms with Crippen LogP contribution in [0.1, 0.15) is 30.4 Å². The van der Waals surface area contributed by atoms with Gasteiger partial charge in [-0.25, -0.2) is 17.5 Å². The summed E-state index contributed by atoms with van der Waals surface area (Å²) in [6, 6.07) is 2.67. The Bertz CT molecular complexity index is 623. The zero-order chi connectivity index (χ0) is 15.7. The summed E-state index contributed by atoms with van der Waals surface area (Å²) in [5, 5.41) is 0. The van der Waals surface area contributed by atoms with Crippen LogP contribution in [0.15, 0.2) is 17.0 Å². The minimum Gasteiger partial charge on any atom is -0.326 e. The summed E-state index contributed by atoms with van der Waals surface area (Å²) in [6.07, 6.45) is 5.18. The molecule has 118 valence electrons. The lowest BCUT2D eigenvalue weighted by Gasteiger charge is -2.40. The zero-order valence-electron chi connectivity index (χ0n) is 12.3. The molecule has 1 aliphatic carbocycles. The normalized spacial score (nSPS) is 17.5. The molecular formula is C14H21FN2O2S2. The van der Waals surface area contributed by atoms with Gasteiger partial charge in [0.1, 0.15) is 5.82 Å². The standard InChI is InChI=1S/C14H21FN2O2S2/c1-10-6-12(7-11(8-16)13(10)15)21(18,19)17-9-14(20-2)4-3-5-14/h6-7,17H,3-5,8-9,16H2,1-2H3. The average Bonchev–Trinajstić information content (AvgIpc) is 2.40. The van der Waals surface area contributed by atoms with E-state index in [0.717, 1.165) is 19.3 Å². The maximum atomic E-state index is 13.8. The van der Waals surface area contributed by atoms with E-state index in [0.29, 0.717) is 12.1 Å². The third-order valence-electron chi connectivity index (χ3n) is 4.12. The van der Waals surface area contributed by atoms with Gasteiger partial charge < -0.3 is 5.73 Å². The van der Waals surface area contributed by atoms with Crippen LogP contribution >= 0.6 is 11.8 Å². The van der Waals surface area contributed by atoms with Crippen molar-refractivity contribution in [3.63, 3.8) is 0 Å². The van der Waals surface area contributed by atoms with E-state index in [4.69, 9.17) is 5.73 Å². The van der Waals surface area contributed by atoms with Crippen LogP contribution in [-0.4, -0.2) is 26.0 Å². The molecule has 3 N–H and O–H groups in total. The SMILES string of the molecule is CSC1(CNS(=O)(=O)c2cc(C)c(F)c(CN)c2)CCC1. The largest absolute Gasteiger partial charge is 0.326 e. The van der Waals surface area contributed by atoms with E-state index in [-0.39, 0.29) is 21.8 Å². The fraction of sp³-hybridized carbons (Fsp3) is 0.571. The molecular weight excluding hydrogens is 311 g/mol. The van der Waals surface area contributed by atoms with Crippen LogP contribution in [0.3, 0.4) is 0 Å². The average molecular weight is 332 g/mol. The van der Waals surface area contributed by atoms with Gasteiger partial charge in [0, 0.05) is 23.4 Å². The van der Waals surface area contributed by atoms with Gasteiger partial charge in [-0.1, -0.05) is 6.42 Å². The van der Waals surface area contributed by atoms with Crippen molar-refractivity contribution in [3.8, 4) is 0 Å². The first-order chi connectivity index (χ1) is 9.83. The maximum Gasteiger partial charge on any atom is 0.240 e. The second kappa shape index (κ2) is 6.24. The second-order valence-electron chi connectivity index (χ2n) is 5.48. The molecule has 1 aliphatic rings. The fourth-order valence-corrected chi connectivity index (χ4v) is 4.71. The van der Waals surface area contributed by atoms with Gasteiger partial charge in [-0.3, -0.25) is 0 Å². The van der Waals surface area contributed by atoms with E-state index in [9.17, 15) is 12.8 Å². The first-order valence-corrected chi connectivity index (χ1v) is 9.58. The molecule has 0 unspecified atom stereocenters. The van der Waals surface area contributed by atoms with Gasteiger partial charge in [-0.15, -0.1) is 0 Å². The Balaban J connectivity index is 2.21. The molecule has 7 heteroatoms. The molecule has 1 aromatic carbocycles. The lowest BCUT2D eigenvalue weighted by molar-refractivity contribution is 0.362. The van der Waals surface area contributed by atoms with Gasteiger partial charge in [0.05, 0.1) is 4.90 Å². The molecule has 0 bridgehead atoms. The van der Waals surface area contributed by atoms with Gasteiger partial charge in [0.25, 0.3) is 0 Å². The number of nitrogens with one attached hydrogen (secondary N) is 1. The van der Waals surface area contributed by atoms with E-state index < -0.39 is 15.8 Å². The van der Waals surface area contributed by atoms with Crippen molar-refractivity contribution in [3.05, 3.63) is 29.1 Å². The topological polar surface area (TPSA) is 72.2 Å². The molecule has 0 amide bonds. The number of hydrogen-bond acceptors (Lipinski definition) is 4. The molecule has 2 rings (SSSR count). The molecule has 1 fully saturated rings. The lowest BCUT2D eigenvalue weighted by Crippen LogP contribution is -2.45. The van der Waals surface area contributed by atoms with Crippen molar-refractivity contribution in [1.29, 1.82) is 0 Å². The minimum atomic E-state index is -3.64. The molecule has 21 heavy (non-hydrogen) atoms. The fourth-order valence-electron chi connectivity index (χ4n) is 2.44. The molecule has 0 spiro atoms. The molecule has 0 atom stereocenters. The number of thioether (sulfide) groups is 1. The monoisotopic (exact) mass is 332 g/mol. The third-order valence-corrected chi connectivity index (χ3v) is 6.92. The summed E-state index contributed by atoms with van der Waals surface area (Å²) in [5.41, 5.74) is 5.98. The molecule has 1 aromatic rings. The smallest absolute Gasteiger partial charge is 0.240 e. The Morgan fingerprint density at radius 3 is 2.57 bits per heavy atom. The number of sulfonamides is 1. The third kappa shape index (κ3) is 3.41. The van der Waals surface area contributed by atoms with Crippen molar-refractivity contribution in [2.45, 2.75) is 42.4 Å². The number of benzene rings is 1. The molecule has 1 saturated carbocycles. The van der Waals surface area contributed by atoms with Crippen LogP contribution in [0.25, 0.3) is 0 Å². The van der Waals surface area contributed by atoms with Gasteiger partial charge in [-0.05, 0) is 43.7 Å². The quantitative estimate of drug-likeness (QED) is 0.837. The summed E-state index contributed by atoms with van der Waals surface area (Å²) in [4.78, 5) is 0.0810. The molecule has 0 aliphatic heterocycles. The molecule has 0 saturated heterocycles. The van der Waals surface area contributed by atoms with Crippen molar-refractivity contribution >= 4 is 21.8 Å². The number of nitrogens with two attached hydrogens (primary N) is 1. The van der Waals surface area contributed by atoms with E-state index in [1.807, 2.05) is 6.26 Å². The Morgan fingerprint density at radius 1 is 1.43 bits per heavy atom. The molecule has 4 nitrogen and oxygen atoms in total. The lowest BCUT2D eigenvalue weighted by atomic mass is 9.84. The van der Waals surface area contributed by atoms with Gasteiger partial charge in [0.15, 0.2) is 0 Å². The first kappa shape index (κ1) is 16.7. The number of halogens is 1. The van der Waals surface area contributed by atoms with Crippen molar-refractivity contribution in [2.75, 3.05) is 12.8 Å². The Labute approximate surface area is 129 Å². The first-order valence-electron chi connectivity index (χ1n) is 6.87. The van der Waals surface area contributed by atoms with Crippen molar-refractivity contribution in [2.24, 2.45) is 5.73 Å². The molecule has 0 aromatic heterocycles. The van der Waals surface area contributed by atoms with Gasteiger partial charge in [-0.2, -0.15) is 11.8 Å². The van der Waals surface area contributed by atoms with Crippen LogP contribution in [0, 0.1) is 12.7 Å². The Hall–Kier alpha value is -0.630. The number of aryl methyl sites for hydroxylation is 1. The van der Waals surface area contributed by atoms with E-state index in [1.165, 1.54) is 12.1 Å². The highest BCUT2D eigenvalue weighted by molar-refractivity contribution is 8.00. The molecule has 0 radical (unpaired) electrons. The Kier molecular flexibility index (Phi) is 4.97. The van der Waals surface area contributed by atoms with Crippen LogP contribution in [0.2, 0.25) is 0 Å². The number of rotatable bonds is 6. The Morgan fingerprint density at radius 2 is 2.10 bits per heavy atom. The highest BCUT2D eigenvalue weighted by atomic mass is 32.2. The predicted molar refractivity (Wildman–Crippen MR) is 84.3 cm³/mol. The summed E-state index contributed by atoms with van der Waals surface area (Å²) in [6.45, 7) is 1.93. The van der Waals surface area contributed by atoms with Gasteiger partial charge in [0.2, 0.25) is 10.0 Å². The highest BCUT2D eigenvalue weighted by Crippen LogP contribution is 2.42. The highest BCUT2D eigenvalue weighted by Gasteiger charge is 2.37. The second-order valence-corrected chi connectivity index (χ2v) is 8.52. The van der Waals surface area contributed by atoms with Crippen molar-refractivity contribution < 1.29 is 12.8 Å². The minimum absolute atomic E-state index is 0.0127. The van der Waals surface area contributed by atoms with Crippen LogP contribution < -0.4 is 10.5 Å².